The predicted octanol–water partition coefficient (Wildman–Crippen LogP) is 5.13. The first kappa shape index (κ1) is 26.6. The highest BCUT2D eigenvalue weighted by molar-refractivity contribution is 5.94. The minimum Gasteiger partial charge on any atom is -0.382 e. The highest BCUT2D eigenvalue weighted by atomic mass is 19.4. The topological polar surface area (TPSA) is 63.7 Å². The van der Waals surface area contributed by atoms with Crippen LogP contribution >= 0.6 is 0 Å². The lowest BCUT2D eigenvalue weighted by molar-refractivity contribution is -0.236. The maximum absolute atomic E-state index is 13.1. The summed E-state index contributed by atoms with van der Waals surface area (Å²) in [4.78, 5) is 20.0. The fraction of sp³-hybridized carbons (Fsp3) is 0.556. The van der Waals surface area contributed by atoms with E-state index in [2.05, 4.69) is 22.1 Å². The number of methoxy groups -OCH3 is 1. The van der Waals surface area contributed by atoms with Gasteiger partial charge in [-0.2, -0.15) is 13.2 Å². The van der Waals surface area contributed by atoms with Crippen LogP contribution in [0.2, 0.25) is 0 Å². The average molecular weight is 506 g/mol. The number of alkyl halides is 3. The van der Waals surface area contributed by atoms with Gasteiger partial charge in [-0.3, -0.25) is 14.7 Å². The molecule has 4 rings (SSSR count). The summed E-state index contributed by atoms with van der Waals surface area (Å²) < 4.78 is 49.2. The molecule has 0 saturated carbocycles. The summed E-state index contributed by atoms with van der Waals surface area (Å²) >= 11 is 0. The van der Waals surface area contributed by atoms with E-state index in [-0.39, 0.29) is 36.9 Å². The molecule has 0 radical (unpaired) electrons. The molecular weight excluding hydrogens is 471 g/mol. The van der Waals surface area contributed by atoms with Gasteiger partial charge in [0, 0.05) is 26.4 Å². The molecule has 1 fully saturated rings. The fourth-order valence-corrected chi connectivity index (χ4v) is 5.19. The van der Waals surface area contributed by atoms with Crippen LogP contribution < -0.4 is 5.32 Å². The summed E-state index contributed by atoms with van der Waals surface area (Å²) in [7, 11) is 1.60. The van der Waals surface area contributed by atoms with Crippen molar-refractivity contribution in [1.29, 1.82) is 0 Å². The molecule has 4 atom stereocenters. The second-order valence-corrected chi connectivity index (χ2v) is 9.82. The number of halogens is 3. The Kier molecular flexibility index (Phi) is 8.32. The molecule has 196 valence electrons. The van der Waals surface area contributed by atoms with Crippen LogP contribution in [0.15, 0.2) is 36.5 Å². The average Bonchev–Trinajstić information content (AvgIpc) is 3.20. The van der Waals surface area contributed by atoms with Gasteiger partial charge in [0.15, 0.2) is 6.10 Å². The Morgan fingerprint density at radius 3 is 2.64 bits per heavy atom. The van der Waals surface area contributed by atoms with Crippen molar-refractivity contribution in [2.45, 2.75) is 64.0 Å². The highest BCUT2D eigenvalue weighted by Gasteiger charge is 2.43. The minimum absolute atomic E-state index is 0.00204. The molecule has 1 aromatic heterocycles. The first-order chi connectivity index (χ1) is 17.2. The maximum Gasteiger partial charge on any atom is 0.414 e. The number of aryl methyl sites for hydroxylation is 1. The molecule has 2 aliphatic rings. The Bertz CT molecular complexity index is 1040. The molecule has 1 N–H and O–H groups in total. The number of pyridine rings is 1. The molecule has 2 aromatic rings. The van der Waals surface area contributed by atoms with Crippen LogP contribution in [0.25, 0.3) is 0 Å². The predicted molar refractivity (Wildman–Crippen MR) is 129 cm³/mol. The Morgan fingerprint density at radius 2 is 2.03 bits per heavy atom. The standard InChI is InChI=1S/C27H34F3N3O3/c1-4-23-25-21(14-33(23)13-18-7-10-24(36-15-18)27(28,29)30)11-20(12-31-25)26(34)32-22(16-35-3)19-8-5-17(2)6-9-19/h5-6,8-9,11-12,18,22-24H,4,7,10,13-16H2,1-3H3,(H,32,34)/t18-,22+,23+,24+/m1/s1. The van der Waals surface area contributed by atoms with Gasteiger partial charge in [0.2, 0.25) is 0 Å². The van der Waals surface area contributed by atoms with Crippen LogP contribution in [-0.2, 0) is 16.0 Å². The van der Waals surface area contributed by atoms with Crippen LogP contribution in [0, 0.1) is 12.8 Å². The minimum atomic E-state index is -4.30. The van der Waals surface area contributed by atoms with Gasteiger partial charge in [-0.05, 0) is 49.3 Å². The molecule has 1 saturated heterocycles. The van der Waals surface area contributed by atoms with Crippen molar-refractivity contribution in [2.75, 3.05) is 26.9 Å². The normalized spacial score (nSPS) is 23.3. The quantitative estimate of drug-likeness (QED) is 0.539. The number of hydrogen-bond acceptors (Lipinski definition) is 5. The molecule has 3 heterocycles. The Balaban J connectivity index is 1.42. The fourth-order valence-electron chi connectivity index (χ4n) is 5.19. The molecule has 36 heavy (non-hydrogen) atoms. The first-order valence-electron chi connectivity index (χ1n) is 12.5. The lowest BCUT2D eigenvalue weighted by Gasteiger charge is -2.34. The van der Waals surface area contributed by atoms with E-state index in [4.69, 9.17) is 9.47 Å². The van der Waals surface area contributed by atoms with E-state index in [0.717, 1.165) is 28.8 Å². The number of benzene rings is 1. The highest BCUT2D eigenvalue weighted by Crippen LogP contribution is 2.37. The lowest BCUT2D eigenvalue weighted by Crippen LogP contribution is -2.40. The van der Waals surface area contributed by atoms with Crippen molar-refractivity contribution in [3.63, 3.8) is 0 Å². The van der Waals surface area contributed by atoms with Gasteiger partial charge >= 0.3 is 6.18 Å². The van der Waals surface area contributed by atoms with E-state index < -0.39 is 12.3 Å². The van der Waals surface area contributed by atoms with E-state index >= 15 is 0 Å². The van der Waals surface area contributed by atoms with Gasteiger partial charge in [-0.25, -0.2) is 0 Å². The summed E-state index contributed by atoms with van der Waals surface area (Å²) in [5.41, 5.74) is 4.50. The second-order valence-electron chi connectivity index (χ2n) is 9.82. The zero-order valence-corrected chi connectivity index (χ0v) is 21.0. The third-order valence-corrected chi connectivity index (χ3v) is 7.13. The molecule has 1 amide bonds. The van der Waals surface area contributed by atoms with Gasteiger partial charge in [-0.15, -0.1) is 0 Å². The number of amides is 1. The van der Waals surface area contributed by atoms with Gasteiger partial charge in [-0.1, -0.05) is 36.8 Å². The number of carbonyl (C=O) groups excluding carboxylic acids is 1. The summed E-state index contributed by atoms with van der Waals surface area (Å²) in [6.45, 7) is 5.79. The van der Waals surface area contributed by atoms with Gasteiger partial charge in [0.1, 0.15) is 0 Å². The number of nitrogens with one attached hydrogen (secondary N) is 1. The molecule has 9 heteroatoms. The molecule has 0 spiro atoms. The largest absolute Gasteiger partial charge is 0.414 e. The van der Waals surface area contributed by atoms with Crippen LogP contribution in [0.1, 0.15) is 71.0 Å². The summed E-state index contributed by atoms with van der Waals surface area (Å²) in [5, 5.41) is 3.05. The monoisotopic (exact) mass is 505 g/mol. The van der Waals surface area contributed by atoms with Crippen LogP contribution in [-0.4, -0.2) is 54.9 Å². The van der Waals surface area contributed by atoms with Crippen molar-refractivity contribution >= 4 is 5.91 Å². The molecule has 6 nitrogen and oxygen atoms in total. The number of ether oxygens (including phenoxy) is 2. The number of rotatable bonds is 8. The lowest BCUT2D eigenvalue weighted by atomic mass is 9.97. The van der Waals surface area contributed by atoms with Crippen molar-refractivity contribution in [3.05, 3.63) is 64.5 Å². The summed E-state index contributed by atoms with van der Waals surface area (Å²) in [6, 6.07) is 9.64. The van der Waals surface area contributed by atoms with Crippen LogP contribution in [0.5, 0.6) is 0 Å². The van der Waals surface area contributed by atoms with E-state index in [1.54, 1.807) is 13.3 Å². The number of nitrogens with zero attached hydrogens (tertiary/aromatic N) is 2. The Hall–Kier alpha value is -2.49. The van der Waals surface area contributed by atoms with E-state index in [9.17, 15) is 18.0 Å². The second kappa shape index (κ2) is 11.3. The molecule has 0 bridgehead atoms. The molecule has 0 unspecified atom stereocenters. The molecular formula is C27H34F3N3O3. The Labute approximate surface area is 210 Å². The zero-order valence-electron chi connectivity index (χ0n) is 21.0. The third-order valence-electron chi connectivity index (χ3n) is 7.13. The smallest absolute Gasteiger partial charge is 0.382 e. The van der Waals surface area contributed by atoms with E-state index in [1.807, 2.05) is 37.3 Å². The number of hydrogen-bond donors (Lipinski definition) is 1. The van der Waals surface area contributed by atoms with Crippen molar-refractivity contribution in [2.24, 2.45) is 5.92 Å². The summed E-state index contributed by atoms with van der Waals surface area (Å²) in [6.07, 6.45) is -3.04. The van der Waals surface area contributed by atoms with E-state index in [1.165, 1.54) is 0 Å². The molecule has 2 aliphatic heterocycles. The Morgan fingerprint density at radius 1 is 1.28 bits per heavy atom. The SMILES string of the molecule is CC[C@H]1c2ncc(C(=O)N[C@@H](COC)c3ccc(C)cc3)cc2CN1C[C@H]1CC[C@@H](C(F)(F)F)OC1. The number of fused-ring (bicyclic) bond motifs is 1. The number of aromatic nitrogens is 1. The van der Waals surface area contributed by atoms with Crippen molar-refractivity contribution in [3.8, 4) is 0 Å². The third kappa shape index (κ3) is 6.07. The number of carbonyl (C=O) groups is 1. The summed E-state index contributed by atoms with van der Waals surface area (Å²) in [5.74, 6) is -0.183. The van der Waals surface area contributed by atoms with Crippen molar-refractivity contribution in [1.82, 2.24) is 15.2 Å². The first-order valence-corrected chi connectivity index (χ1v) is 12.5. The maximum atomic E-state index is 13.1. The van der Waals surface area contributed by atoms with Crippen molar-refractivity contribution < 1.29 is 27.4 Å². The van der Waals surface area contributed by atoms with Crippen LogP contribution in [0.4, 0.5) is 13.2 Å². The van der Waals surface area contributed by atoms with Gasteiger partial charge < -0.3 is 14.8 Å². The molecule has 0 aliphatic carbocycles. The van der Waals surface area contributed by atoms with Crippen LogP contribution in [0.3, 0.4) is 0 Å². The molecule has 1 aromatic carbocycles. The van der Waals surface area contributed by atoms with E-state index in [0.29, 0.717) is 31.7 Å². The van der Waals surface area contributed by atoms with Gasteiger partial charge in [0.05, 0.1) is 36.6 Å². The van der Waals surface area contributed by atoms with Gasteiger partial charge in [0.25, 0.3) is 5.91 Å². The zero-order chi connectivity index (χ0) is 25.9.